The highest BCUT2D eigenvalue weighted by Gasteiger charge is 2.37. The van der Waals surface area contributed by atoms with Gasteiger partial charge in [-0.25, -0.2) is 8.42 Å². The second-order valence-electron chi connectivity index (χ2n) is 7.72. The Morgan fingerprint density at radius 1 is 0.875 bits per heavy atom. The van der Waals surface area contributed by atoms with Crippen LogP contribution in [-0.4, -0.2) is 33.2 Å². The molecule has 0 unspecified atom stereocenters. The number of rotatable bonds is 6. The Bertz CT molecular complexity index is 1350. The largest absolute Gasteiger partial charge is 0.284 e. The minimum Gasteiger partial charge on any atom is -0.284 e. The van der Waals surface area contributed by atoms with Gasteiger partial charge in [-0.05, 0) is 42.3 Å². The number of hydrazone groups is 1. The molecule has 1 atom stereocenters. The minimum absolute atomic E-state index is 0.182. The van der Waals surface area contributed by atoms with Crippen molar-refractivity contribution in [3.63, 3.8) is 0 Å². The fourth-order valence-corrected chi connectivity index (χ4v) is 5.57. The number of benzene rings is 3. The zero-order valence-electron chi connectivity index (χ0n) is 17.6. The molecule has 0 bridgehead atoms. The molecular formula is C23H23N3O4S2. The lowest BCUT2D eigenvalue weighted by atomic mass is 9.99. The van der Waals surface area contributed by atoms with Gasteiger partial charge in [-0.3, -0.25) is 4.72 Å². The number of nitrogens with one attached hydrogen (secondary N) is 1. The molecule has 1 heterocycles. The Kier molecular flexibility index (Phi) is 5.79. The summed E-state index contributed by atoms with van der Waals surface area (Å²) in [6, 6.07) is 22.4. The summed E-state index contributed by atoms with van der Waals surface area (Å²) >= 11 is 0. The SMILES string of the molecule is Cc1ccc(S(=O)(=O)N2N=C(c3ccc(NS(C)(=O)=O)cc3)C[C@H]2c2ccccc2)cc1. The maximum Gasteiger partial charge on any atom is 0.279 e. The summed E-state index contributed by atoms with van der Waals surface area (Å²) in [7, 11) is -7.26. The van der Waals surface area contributed by atoms with Crippen LogP contribution >= 0.6 is 0 Å². The molecular weight excluding hydrogens is 446 g/mol. The molecule has 0 aromatic heterocycles. The van der Waals surface area contributed by atoms with E-state index in [1.807, 2.05) is 37.3 Å². The van der Waals surface area contributed by atoms with E-state index in [0.29, 0.717) is 17.8 Å². The van der Waals surface area contributed by atoms with Gasteiger partial charge in [0, 0.05) is 12.1 Å². The maximum absolute atomic E-state index is 13.5. The first-order valence-corrected chi connectivity index (χ1v) is 13.3. The van der Waals surface area contributed by atoms with Gasteiger partial charge >= 0.3 is 0 Å². The lowest BCUT2D eigenvalue weighted by Gasteiger charge is -2.23. The molecule has 0 aliphatic carbocycles. The Hall–Kier alpha value is -3.17. The van der Waals surface area contributed by atoms with Crippen molar-refractivity contribution in [1.82, 2.24) is 4.41 Å². The molecule has 166 valence electrons. The maximum atomic E-state index is 13.5. The number of hydrogen-bond donors (Lipinski definition) is 1. The normalized spacial score (nSPS) is 16.6. The number of anilines is 1. The van der Waals surface area contributed by atoms with Crippen LogP contribution in [0.4, 0.5) is 5.69 Å². The van der Waals surface area contributed by atoms with E-state index < -0.39 is 26.1 Å². The molecule has 4 rings (SSSR count). The molecule has 0 fully saturated rings. The van der Waals surface area contributed by atoms with Gasteiger partial charge in [0.05, 0.1) is 22.9 Å². The van der Waals surface area contributed by atoms with Gasteiger partial charge in [0.15, 0.2) is 0 Å². The molecule has 0 saturated carbocycles. The summed E-state index contributed by atoms with van der Waals surface area (Å²) < 4.78 is 53.4. The third-order valence-electron chi connectivity index (χ3n) is 5.14. The van der Waals surface area contributed by atoms with Gasteiger partial charge in [-0.15, -0.1) is 0 Å². The van der Waals surface area contributed by atoms with Crippen LogP contribution in [0.3, 0.4) is 0 Å². The fraction of sp³-hybridized carbons (Fsp3) is 0.174. The predicted octanol–water partition coefficient (Wildman–Crippen LogP) is 3.91. The molecule has 0 spiro atoms. The van der Waals surface area contributed by atoms with Gasteiger partial charge in [0.2, 0.25) is 10.0 Å². The highest BCUT2D eigenvalue weighted by atomic mass is 32.2. The van der Waals surface area contributed by atoms with Gasteiger partial charge in [-0.1, -0.05) is 60.2 Å². The van der Waals surface area contributed by atoms with Crippen molar-refractivity contribution in [3.8, 4) is 0 Å². The molecule has 9 heteroatoms. The summed E-state index contributed by atoms with van der Waals surface area (Å²) in [5.41, 5.74) is 3.58. The van der Waals surface area contributed by atoms with E-state index in [2.05, 4.69) is 9.82 Å². The number of sulfonamides is 2. The zero-order valence-corrected chi connectivity index (χ0v) is 19.3. The smallest absolute Gasteiger partial charge is 0.279 e. The second kappa shape index (κ2) is 8.40. The van der Waals surface area contributed by atoms with Gasteiger partial charge in [0.25, 0.3) is 10.0 Å². The van der Waals surface area contributed by atoms with Gasteiger partial charge < -0.3 is 0 Å². The summed E-state index contributed by atoms with van der Waals surface area (Å²) in [4.78, 5) is 0.182. The van der Waals surface area contributed by atoms with E-state index in [4.69, 9.17) is 0 Å². The molecule has 32 heavy (non-hydrogen) atoms. The number of aryl methyl sites for hydroxylation is 1. The van der Waals surface area contributed by atoms with Gasteiger partial charge in [0.1, 0.15) is 0 Å². The van der Waals surface area contributed by atoms with E-state index in [1.54, 1.807) is 48.5 Å². The topological polar surface area (TPSA) is 95.9 Å². The highest BCUT2D eigenvalue weighted by molar-refractivity contribution is 7.92. The van der Waals surface area contributed by atoms with Crippen molar-refractivity contribution < 1.29 is 16.8 Å². The van der Waals surface area contributed by atoms with Crippen molar-refractivity contribution >= 4 is 31.4 Å². The fourth-order valence-electron chi connectivity index (χ4n) is 3.57. The summed E-state index contributed by atoms with van der Waals surface area (Å²) in [5, 5.41) is 4.51. The van der Waals surface area contributed by atoms with Crippen LogP contribution in [0.15, 0.2) is 88.9 Å². The highest BCUT2D eigenvalue weighted by Crippen LogP contribution is 2.37. The van der Waals surface area contributed by atoms with Gasteiger partial charge in [-0.2, -0.15) is 17.9 Å². The Balaban J connectivity index is 1.72. The van der Waals surface area contributed by atoms with Crippen LogP contribution in [0.1, 0.15) is 29.2 Å². The third-order valence-corrected chi connectivity index (χ3v) is 7.45. The standard InChI is InChI=1S/C23H23N3O4S2/c1-17-8-14-21(15-9-17)32(29,30)26-23(19-6-4-3-5-7-19)16-22(24-26)18-10-12-20(13-11-18)25-31(2,27)28/h3-15,23,25H,16H2,1-2H3/t23-/m0/s1. The average Bonchev–Trinajstić information content (AvgIpc) is 3.21. The molecule has 0 amide bonds. The lowest BCUT2D eigenvalue weighted by Crippen LogP contribution is -2.27. The van der Waals surface area contributed by atoms with Crippen molar-refractivity contribution in [1.29, 1.82) is 0 Å². The Morgan fingerprint density at radius 2 is 1.50 bits per heavy atom. The third kappa shape index (κ3) is 4.68. The Morgan fingerprint density at radius 3 is 2.09 bits per heavy atom. The molecule has 3 aromatic rings. The second-order valence-corrected chi connectivity index (χ2v) is 11.3. The summed E-state index contributed by atoms with van der Waals surface area (Å²) in [6.45, 7) is 1.90. The van der Waals surface area contributed by atoms with Crippen LogP contribution in [-0.2, 0) is 20.0 Å². The quantitative estimate of drug-likeness (QED) is 0.592. The molecule has 3 aromatic carbocycles. The summed E-state index contributed by atoms with van der Waals surface area (Å²) in [6.07, 6.45) is 1.48. The van der Waals surface area contributed by atoms with Crippen molar-refractivity contribution in [2.24, 2.45) is 5.10 Å². The van der Waals surface area contributed by atoms with Crippen molar-refractivity contribution in [3.05, 3.63) is 95.6 Å². The zero-order chi connectivity index (χ0) is 22.9. The van der Waals surface area contributed by atoms with Crippen LogP contribution in [0.2, 0.25) is 0 Å². The minimum atomic E-state index is -3.87. The first-order chi connectivity index (χ1) is 15.1. The molecule has 0 saturated heterocycles. The van der Waals surface area contributed by atoms with E-state index in [1.165, 1.54) is 4.41 Å². The van der Waals surface area contributed by atoms with Crippen molar-refractivity contribution in [2.45, 2.75) is 24.3 Å². The van der Waals surface area contributed by atoms with Crippen molar-refractivity contribution in [2.75, 3.05) is 11.0 Å². The lowest BCUT2D eigenvalue weighted by molar-refractivity contribution is 0.371. The van der Waals surface area contributed by atoms with E-state index in [-0.39, 0.29) is 4.90 Å². The monoisotopic (exact) mass is 469 g/mol. The first kappa shape index (κ1) is 22.0. The first-order valence-electron chi connectivity index (χ1n) is 9.95. The van der Waals surface area contributed by atoms with Crippen LogP contribution in [0.5, 0.6) is 0 Å². The number of nitrogens with zero attached hydrogens (tertiary/aromatic N) is 2. The summed E-state index contributed by atoms with van der Waals surface area (Å²) in [5.74, 6) is 0. The Labute approximate surface area is 188 Å². The van der Waals surface area contributed by atoms with E-state index in [9.17, 15) is 16.8 Å². The molecule has 1 aliphatic rings. The molecule has 1 N–H and O–H groups in total. The van der Waals surface area contributed by atoms with Crippen LogP contribution < -0.4 is 4.72 Å². The average molecular weight is 470 g/mol. The molecule has 7 nitrogen and oxygen atoms in total. The number of hydrogen-bond acceptors (Lipinski definition) is 5. The molecule has 0 radical (unpaired) electrons. The van der Waals surface area contributed by atoms with E-state index in [0.717, 1.165) is 22.9 Å². The van der Waals surface area contributed by atoms with Crippen LogP contribution in [0, 0.1) is 6.92 Å². The van der Waals surface area contributed by atoms with E-state index >= 15 is 0 Å². The predicted molar refractivity (Wildman–Crippen MR) is 125 cm³/mol. The molecule has 1 aliphatic heterocycles. The van der Waals surface area contributed by atoms with Crippen LogP contribution in [0.25, 0.3) is 0 Å².